The molecule has 0 bridgehead atoms. The lowest BCUT2D eigenvalue weighted by molar-refractivity contribution is -0.137. The Morgan fingerprint density at radius 2 is 1.86 bits per heavy atom. The maximum atomic E-state index is 12.5. The van der Waals surface area contributed by atoms with Gasteiger partial charge in [0.15, 0.2) is 0 Å². The molecule has 0 saturated carbocycles. The summed E-state index contributed by atoms with van der Waals surface area (Å²) in [6.45, 7) is 3.43. The number of nitrogens with zero attached hydrogens (tertiary/aromatic N) is 2. The second-order valence-corrected chi connectivity index (χ2v) is 5.58. The number of rotatable bonds is 4. The first-order chi connectivity index (χ1) is 9.90. The van der Waals surface area contributed by atoms with Crippen LogP contribution in [0.25, 0.3) is 0 Å². The van der Waals surface area contributed by atoms with Gasteiger partial charge >= 0.3 is 6.18 Å². The molecule has 1 fully saturated rings. The lowest BCUT2D eigenvalue weighted by Crippen LogP contribution is -2.51. The van der Waals surface area contributed by atoms with E-state index in [9.17, 15) is 13.2 Å². The van der Waals surface area contributed by atoms with Crippen molar-refractivity contribution >= 4 is 0 Å². The van der Waals surface area contributed by atoms with Gasteiger partial charge in [0.05, 0.1) is 5.56 Å². The third-order valence-electron chi connectivity index (χ3n) is 4.01. The van der Waals surface area contributed by atoms with Gasteiger partial charge in [-0.15, -0.1) is 0 Å². The number of aliphatic hydroxyl groups excluding tert-OH is 1. The van der Waals surface area contributed by atoms with E-state index in [2.05, 4.69) is 9.80 Å². The lowest BCUT2D eigenvalue weighted by atomic mass is 10.1. The highest BCUT2D eigenvalue weighted by molar-refractivity contribution is 5.24. The van der Waals surface area contributed by atoms with Crippen LogP contribution in [0, 0.1) is 0 Å². The van der Waals surface area contributed by atoms with Crippen LogP contribution in [0.1, 0.15) is 17.5 Å². The number of hydrogen-bond donors (Lipinski definition) is 1. The molecule has 3 nitrogen and oxygen atoms in total. The average molecular weight is 302 g/mol. The van der Waals surface area contributed by atoms with Crippen molar-refractivity contribution < 1.29 is 18.3 Å². The van der Waals surface area contributed by atoms with Crippen LogP contribution in [0.3, 0.4) is 0 Å². The zero-order chi connectivity index (χ0) is 15.5. The van der Waals surface area contributed by atoms with Crippen LogP contribution in [0.4, 0.5) is 13.2 Å². The Morgan fingerprint density at radius 1 is 1.19 bits per heavy atom. The van der Waals surface area contributed by atoms with Crippen LogP contribution in [0.2, 0.25) is 0 Å². The van der Waals surface area contributed by atoms with Crippen molar-refractivity contribution in [1.82, 2.24) is 9.80 Å². The van der Waals surface area contributed by atoms with Crippen LogP contribution in [0.15, 0.2) is 24.3 Å². The Bertz CT molecular complexity index is 447. The normalized spacial score (nSPS) is 21.7. The van der Waals surface area contributed by atoms with Crippen LogP contribution < -0.4 is 0 Å². The molecule has 2 rings (SSSR count). The maximum absolute atomic E-state index is 12.5. The molecule has 6 heteroatoms. The van der Waals surface area contributed by atoms with Crippen molar-refractivity contribution in [2.75, 3.05) is 33.3 Å². The third-order valence-corrected chi connectivity index (χ3v) is 4.01. The highest BCUT2D eigenvalue weighted by Crippen LogP contribution is 2.29. The molecule has 118 valence electrons. The molecular weight excluding hydrogens is 281 g/mol. The fraction of sp³-hybridized carbons (Fsp3) is 0.600. The van der Waals surface area contributed by atoms with Crippen molar-refractivity contribution in [3.8, 4) is 0 Å². The first-order valence-corrected chi connectivity index (χ1v) is 7.09. The Kier molecular flexibility index (Phi) is 5.24. The minimum absolute atomic E-state index is 0.156. The topological polar surface area (TPSA) is 26.7 Å². The molecule has 1 aliphatic heterocycles. The summed E-state index contributed by atoms with van der Waals surface area (Å²) in [6, 6.07) is 5.66. The van der Waals surface area contributed by atoms with E-state index in [1.165, 1.54) is 0 Å². The van der Waals surface area contributed by atoms with Crippen LogP contribution in [0.5, 0.6) is 0 Å². The molecule has 21 heavy (non-hydrogen) atoms. The van der Waals surface area contributed by atoms with Gasteiger partial charge in [0.2, 0.25) is 0 Å². The number of piperazine rings is 1. The van der Waals surface area contributed by atoms with E-state index < -0.39 is 11.7 Å². The smallest absolute Gasteiger partial charge is 0.396 e. The second-order valence-electron chi connectivity index (χ2n) is 5.58. The van der Waals surface area contributed by atoms with Crippen molar-refractivity contribution in [3.63, 3.8) is 0 Å². The Labute approximate surface area is 123 Å². The van der Waals surface area contributed by atoms with Gasteiger partial charge in [-0.25, -0.2) is 0 Å². The quantitative estimate of drug-likeness (QED) is 0.924. The Morgan fingerprint density at radius 3 is 2.43 bits per heavy atom. The molecule has 1 heterocycles. The molecule has 1 atom stereocenters. The van der Waals surface area contributed by atoms with Gasteiger partial charge < -0.3 is 10.0 Å². The predicted molar refractivity (Wildman–Crippen MR) is 74.8 cm³/mol. The average Bonchev–Trinajstić information content (AvgIpc) is 2.42. The summed E-state index contributed by atoms with van der Waals surface area (Å²) < 4.78 is 37.6. The number of halogens is 3. The van der Waals surface area contributed by atoms with Crippen LogP contribution >= 0.6 is 0 Å². The van der Waals surface area contributed by atoms with E-state index in [-0.39, 0.29) is 6.61 Å². The Balaban J connectivity index is 1.95. The van der Waals surface area contributed by atoms with Gasteiger partial charge in [-0.2, -0.15) is 13.2 Å². The third kappa shape index (κ3) is 4.43. The minimum atomic E-state index is -4.28. The summed E-state index contributed by atoms with van der Waals surface area (Å²) in [7, 11) is 2.04. The minimum Gasteiger partial charge on any atom is -0.396 e. The summed E-state index contributed by atoms with van der Waals surface area (Å²) in [5.41, 5.74) is 0.276. The van der Waals surface area contributed by atoms with E-state index >= 15 is 0 Å². The highest BCUT2D eigenvalue weighted by Gasteiger charge is 2.30. The summed E-state index contributed by atoms with van der Waals surface area (Å²) in [4.78, 5) is 4.45. The molecule has 0 aliphatic carbocycles. The van der Waals surface area contributed by atoms with E-state index in [0.717, 1.165) is 43.8 Å². The second kappa shape index (κ2) is 6.77. The van der Waals surface area contributed by atoms with E-state index in [1.807, 2.05) is 7.05 Å². The zero-order valence-corrected chi connectivity index (χ0v) is 12.1. The number of likely N-dealkylation sites (N-methyl/N-ethyl adjacent to an activating group) is 1. The van der Waals surface area contributed by atoms with Crippen LogP contribution in [-0.4, -0.2) is 54.2 Å². The van der Waals surface area contributed by atoms with Gasteiger partial charge in [-0.05, 0) is 31.2 Å². The predicted octanol–water partition coefficient (Wildman–Crippen LogP) is 2.20. The summed E-state index contributed by atoms with van der Waals surface area (Å²) in [5.74, 6) is 0. The van der Waals surface area contributed by atoms with Crippen molar-refractivity contribution in [3.05, 3.63) is 35.4 Å². The number of hydrogen-bond acceptors (Lipinski definition) is 3. The largest absolute Gasteiger partial charge is 0.416 e. The molecule has 0 spiro atoms. The first kappa shape index (κ1) is 16.3. The monoisotopic (exact) mass is 302 g/mol. The van der Waals surface area contributed by atoms with E-state index in [1.54, 1.807) is 12.1 Å². The van der Waals surface area contributed by atoms with Gasteiger partial charge in [0, 0.05) is 38.8 Å². The van der Waals surface area contributed by atoms with Crippen molar-refractivity contribution in [1.29, 1.82) is 0 Å². The highest BCUT2D eigenvalue weighted by atomic mass is 19.4. The van der Waals surface area contributed by atoms with Gasteiger partial charge in [0.25, 0.3) is 0 Å². The molecule has 1 saturated heterocycles. The standard InChI is InChI=1S/C15H21F3N2O/c1-19-7-8-20(11-14(19)6-9-21)10-12-2-4-13(5-3-12)15(16,17)18/h2-5,14,21H,6-11H2,1H3. The molecule has 0 aromatic heterocycles. The number of benzene rings is 1. The molecule has 1 aliphatic rings. The first-order valence-electron chi connectivity index (χ1n) is 7.09. The van der Waals surface area contributed by atoms with Gasteiger partial charge in [-0.3, -0.25) is 4.90 Å². The fourth-order valence-electron chi connectivity index (χ4n) is 2.67. The lowest BCUT2D eigenvalue weighted by Gasteiger charge is -2.39. The van der Waals surface area contributed by atoms with E-state index in [0.29, 0.717) is 12.6 Å². The summed E-state index contributed by atoms with van der Waals surface area (Å²) in [5, 5.41) is 9.07. The number of alkyl halides is 3. The van der Waals surface area contributed by atoms with Gasteiger partial charge in [-0.1, -0.05) is 12.1 Å². The molecular formula is C15H21F3N2O. The van der Waals surface area contributed by atoms with Crippen molar-refractivity contribution in [2.24, 2.45) is 0 Å². The molecule has 1 aromatic rings. The Hall–Kier alpha value is -1.11. The molecule has 1 aromatic carbocycles. The molecule has 0 radical (unpaired) electrons. The zero-order valence-electron chi connectivity index (χ0n) is 12.1. The van der Waals surface area contributed by atoms with Crippen molar-refractivity contribution in [2.45, 2.75) is 25.2 Å². The number of aliphatic hydroxyl groups is 1. The van der Waals surface area contributed by atoms with Crippen LogP contribution in [-0.2, 0) is 12.7 Å². The molecule has 1 N–H and O–H groups in total. The van der Waals surface area contributed by atoms with Gasteiger partial charge in [0.1, 0.15) is 0 Å². The van der Waals surface area contributed by atoms with E-state index in [4.69, 9.17) is 5.11 Å². The SMILES string of the molecule is CN1CCN(Cc2ccc(C(F)(F)F)cc2)CC1CCO. The molecule has 1 unspecified atom stereocenters. The summed E-state index contributed by atoms with van der Waals surface area (Å²) >= 11 is 0. The maximum Gasteiger partial charge on any atom is 0.416 e. The molecule has 0 amide bonds. The fourth-order valence-corrected chi connectivity index (χ4v) is 2.67. The summed E-state index contributed by atoms with van der Waals surface area (Å²) in [6.07, 6.45) is -3.56.